The molecule has 0 saturated carbocycles. The second-order valence-electron chi connectivity index (χ2n) is 8.54. The van der Waals surface area contributed by atoms with Crippen LogP contribution in [-0.4, -0.2) is 27.5 Å². The number of nitrogens with zero attached hydrogens (tertiary/aromatic N) is 2. The van der Waals surface area contributed by atoms with Crippen LogP contribution in [-0.2, 0) is 17.1 Å². The van der Waals surface area contributed by atoms with Crippen molar-refractivity contribution in [2.24, 2.45) is 0 Å². The highest BCUT2D eigenvalue weighted by atomic mass is 19.4. The van der Waals surface area contributed by atoms with Crippen LogP contribution in [0.25, 0.3) is 0 Å². The molecule has 0 aliphatic carbocycles. The molecule has 0 fully saturated rings. The van der Waals surface area contributed by atoms with E-state index in [4.69, 9.17) is 4.74 Å². The van der Waals surface area contributed by atoms with Crippen LogP contribution in [0.5, 0.6) is 5.75 Å². The first-order valence-electron chi connectivity index (χ1n) is 10.7. The number of amides is 3. The summed E-state index contributed by atoms with van der Waals surface area (Å²) in [6, 6.07) is 5.58. The third-order valence-electron chi connectivity index (χ3n) is 5.19. The fourth-order valence-corrected chi connectivity index (χ4v) is 3.30. The molecule has 4 N–H and O–H groups in total. The van der Waals surface area contributed by atoms with E-state index in [1.165, 1.54) is 30.6 Å². The summed E-state index contributed by atoms with van der Waals surface area (Å²) in [7, 11) is 0. The Bertz CT molecular complexity index is 1360. The molecule has 0 atom stereocenters. The van der Waals surface area contributed by atoms with Crippen molar-refractivity contribution in [1.29, 1.82) is 0 Å². The van der Waals surface area contributed by atoms with E-state index in [0.29, 0.717) is 17.8 Å². The summed E-state index contributed by atoms with van der Waals surface area (Å²) in [5.74, 6) is 0.234. The van der Waals surface area contributed by atoms with Gasteiger partial charge in [0.05, 0.1) is 11.1 Å². The first-order chi connectivity index (χ1) is 17.6. The van der Waals surface area contributed by atoms with Crippen molar-refractivity contribution in [3.63, 3.8) is 0 Å². The summed E-state index contributed by atoms with van der Waals surface area (Å²) in [6.07, 6.45) is -8.89. The minimum Gasteiger partial charge on any atom is -0.470 e. The Morgan fingerprint density at radius 1 is 0.868 bits per heavy atom. The largest absolute Gasteiger partial charge is 0.470 e. The van der Waals surface area contributed by atoms with Crippen molar-refractivity contribution in [2.45, 2.75) is 31.8 Å². The minimum absolute atomic E-state index is 0.0382. The van der Waals surface area contributed by atoms with E-state index < -0.39 is 40.8 Å². The quantitative estimate of drug-likeness (QED) is 0.301. The average molecular weight is 540 g/mol. The number of hydrogen-bond acceptors (Lipinski definition) is 6. The maximum atomic E-state index is 13.0. The highest BCUT2D eigenvalue weighted by molar-refractivity contribution is 6.01. The number of hydrogen-bond donors (Lipinski definition) is 4. The molecule has 9 nitrogen and oxygen atoms in total. The Morgan fingerprint density at radius 2 is 1.42 bits per heavy atom. The number of urea groups is 1. The SMILES string of the molecule is CC1(C)Oc2c(ncnc2Nc2ccc(NC(=O)Nc3cc(C(F)(F)F)cc(C(F)(F)F)c3)cc2)NC1=O. The van der Waals surface area contributed by atoms with Gasteiger partial charge in [0.15, 0.2) is 17.2 Å². The van der Waals surface area contributed by atoms with E-state index in [1.807, 2.05) is 5.32 Å². The van der Waals surface area contributed by atoms with Gasteiger partial charge in [-0.1, -0.05) is 0 Å². The van der Waals surface area contributed by atoms with Gasteiger partial charge in [-0.3, -0.25) is 4.79 Å². The van der Waals surface area contributed by atoms with Crippen LogP contribution in [0, 0.1) is 0 Å². The van der Waals surface area contributed by atoms with E-state index in [-0.39, 0.29) is 35.0 Å². The van der Waals surface area contributed by atoms with Gasteiger partial charge >= 0.3 is 18.4 Å². The average Bonchev–Trinajstić information content (AvgIpc) is 2.80. The van der Waals surface area contributed by atoms with E-state index >= 15 is 0 Å². The van der Waals surface area contributed by atoms with Crippen LogP contribution in [0.2, 0.25) is 0 Å². The monoisotopic (exact) mass is 540 g/mol. The Labute approximate surface area is 210 Å². The predicted molar refractivity (Wildman–Crippen MR) is 124 cm³/mol. The number of benzene rings is 2. The third kappa shape index (κ3) is 5.87. The predicted octanol–water partition coefficient (Wildman–Crippen LogP) is 6.01. The first kappa shape index (κ1) is 26.5. The molecule has 3 amide bonds. The number of fused-ring (bicyclic) bond motifs is 1. The summed E-state index contributed by atoms with van der Waals surface area (Å²) in [5, 5.41) is 9.90. The second-order valence-corrected chi connectivity index (χ2v) is 8.54. The number of ether oxygens (including phenoxy) is 1. The Hall–Kier alpha value is -4.56. The molecular formula is C23H18F6N6O3. The van der Waals surface area contributed by atoms with E-state index in [1.54, 1.807) is 13.8 Å². The first-order valence-corrected chi connectivity index (χ1v) is 10.7. The van der Waals surface area contributed by atoms with Crippen molar-refractivity contribution >= 4 is 40.6 Å². The van der Waals surface area contributed by atoms with Gasteiger partial charge in [0.2, 0.25) is 5.75 Å². The number of nitrogens with one attached hydrogen (secondary N) is 4. The Balaban J connectivity index is 1.46. The number of carbonyl (C=O) groups excluding carboxylic acids is 2. The molecule has 3 aromatic rings. The number of rotatable bonds is 4. The number of halogens is 6. The zero-order chi connectivity index (χ0) is 27.9. The highest BCUT2D eigenvalue weighted by Gasteiger charge is 2.38. The maximum Gasteiger partial charge on any atom is 0.416 e. The molecular weight excluding hydrogens is 522 g/mol. The molecule has 1 aliphatic heterocycles. The molecule has 1 aliphatic rings. The van der Waals surface area contributed by atoms with Crippen LogP contribution in [0.1, 0.15) is 25.0 Å². The van der Waals surface area contributed by atoms with Crippen molar-refractivity contribution in [3.05, 3.63) is 59.9 Å². The third-order valence-corrected chi connectivity index (χ3v) is 5.19. The summed E-state index contributed by atoms with van der Waals surface area (Å²) in [6.45, 7) is 3.13. The lowest BCUT2D eigenvalue weighted by Crippen LogP contribution is -2.46. The zero-order valence-corrected chi connectivity index (χ0v) is 19.5. The van der Waals surface area contributed by atoms with Crippen LogP contribution < -0.4 is 26.0 Å². The number of carbonyl (C=O) groups is 2. The maximum absolute atomic E-state index is 13.0. The van der Waals surface area contributed by atoms with Gasteiger partial charge in [0.25, 0.3) is 5.91 Å². The fraction of sp³-hybridized carbons (Fsp3) is 0.217. The molecule has 0 spiro atoms. The second kappa shape index (κ2) is 9.39. The van der Waals surface area contributed by atoms with E-state index in [9.17, 15) is 35.9 Å². The number of anilines is 5. The lowest BCUT2D eigenvalue weighted by Gasteiger charge is -2.31. The number of alkyl halides is 6. The lowest BCUT2D eigenvalue weighted by molar-refractivity contribution is -0.143. The van der Waals surface area contributed by atoms with Crippen LogP contribution in [0.3, 0.4) is 0 Å². The molecule has 0 bridgehead atoms. The molecule has 2 aromatic carbocycles. The van der Waals surface area contributed by atoms with Gasteiger partial charge < -0.3 is 26.0 Å². The summed E-state index contributed by atoms with van der Waals surface area (Å²) in [4.78, 5) is 32.4. The molecule has 2 heterocycles. The van der Waals surface area contributed by atoms with Crippen molar-refractivity contribution < 1.29 is 40.7 Å². The topological polar surface area (TPSA) is 117 Å². The molecule has 38 heavy (non-hydrogen) atoms. The van der Waals surface area contributed by atoms with Gasteiger partial charge in [-0.2, -0.15) is 26.3 Å². The number of aromatic nitrogens is 2. The van der Waals surface area contributed by atoms with E-state index in [0.717, 1.165) is 0 Å². The summed E-state index contributed by atoms with van der Waals surface area (Å²) in [5.41, 5.74) is -4.32. The molecule has 0 saturated heterocycles. The Kier molecular flexibility index (Phi) is 6.55. The van der Waals surface area contributed by atoms with Gasteiger partial charge in [0, 0.05) is 17.1 Å². The van der Waals surface area contributed by atoms with Gasteiger partial charge in [0.1, 0.15) is 6.33 Å². The normalized spacial score (nSPS) is 14.6. The molecule has 0 radical (unpaired) electrons. The van der Waals surface area contributed by atoms with Gasteiger partial charge in [-0.15, -0.1) is 0 Å². The highest BCUT2D eigenvalue weighted by Crippen LogP contribution is 2.39. The van der Waals surface area contributed by atoms with Crippen LogP contribution in [0.15, 0.2) is 48.8 Å². The van der Waals surface area contributed by atoms with Gasteiger partial charge in [-0.25, -0.2) is 14.8 Å². The molecule has 1 aromatic heterocycles. The minimum atomic E-state index is -5.05. The lowest BCUT2D eigenvalue weighted by atomic mass is 10.1. The Morgan fingerprint density at radius 3 is 2.00 bits per heavy atom. The van der Waals surface area contributed by atoms with Gasteiger partial charge in [-0.05, 0) is 56.3 Å². The van der Waals surface area contributed by atoms with Crippen LogP contribution in [0.4, 0.5) is 59.8 Å². The molecule has 200 valence electrons. The van der Waals surface area contributed by atoms with Crippen LogP contribution >= 0.6 is 0 Å². The standard InChI is InChI=1S/C23H18F6N6O3/c1-21(2)19(36)35-18-16(38-21)17(30-10-31-18)32-13-3-5-14(6-4-13)33-20(37)34-15-8-11(22(24,25)26)7-12(9-15)23(27,28)29/h3-10H,1-2H3,(H2,33,34,37)(H2,30,31,32,35,36). The van der Waals surface area contributed by atoms with Crippen molar-refractivity contribution in [2.75, 3.05) is 21.3 Å². The molecule has 4 rings (SSSR count). The molecule has 15 heteroatoms. The van der Waals surface area contributed by atoms with Crippen molar-refractivity contribution in [1.82, 2.24) is 9.97 Å². The van der Waals surface area contributed by atoms with E-state index in [2.05, 4.69) is 25.9 Å². The van der Waals surface area contributed by atoms with Crippen molar-refractivity contribution in [3.8, 4) is 5.75 Å². The smallest absolute Gasteiger partial charge is 0.416 e. The summed E-state index contributed by atoms with van der Waals surface area (Å²) < 4.78 is 83.9. The fourth-order valence-electron chi connectivity index (χ4n) is 3.30. The zero-order valence-electron chi connectivity index (χ0n) is 19.5. The summed E-state index contributed by atoms with van der Waals surface area (Å²) >= 11 is 0. The molecule has 0 unspecified atom stereocenters.